The van der Waals surface area contributed by atoms with Crippen molar-refractivity contribution in [1.82, 2.24) is 0 Å². The summed E-state index contributed by atoms with van der Waals surface area (Å²) in [5, 5.41) is 0. The molecule has 1 aromatic carbocycles. The van der Waals surface area contributed by atoms with Crippen molar-refractivity contribution in [3.63, 3.8) is 0 Å². The average molecular weight is 246 g/mol. The molecular weight excluding hydrogens is 234 g/mol. The van der Waals surface area contributed by atoms with Gasteiger partial charge in [0.1, 0.15) is 5.75 Å². The standard InChI is InChI=1S/C9H12BrNO2/c1-12-6-13-9-3-2-8(10)4-7(9)5-11/h2-4H,5-6,11H2,1H3. The molecule has 2 N–H and O–H groups in total. The first kappa shape index (κ1) is 10.5. The summed E-state index contributed by atoms with van der Waals surface area (Å²) in [6.07, 6.45) is 0. The van der Waals surface area contributed by atoms with E-state index in [-0.39, 0.29) is 6.79 Å². The van der Waals surface area contributed by atoms with Crippen LogP contribution in [0.4, 0.5) is 0 Å². The van der Waals surface area contributed by atoms with E-state index in [1.807, 2.05) is 18.2 Å². The van der Waals surface area contributed by atoms with Crippen molar-refractivity contribution in [3.8, 4) is 5.75 Å². The summed E-state index contributed by atoms with van der Waals surface area (Å²) in [6, 6.07) is 5.71. The van der Waals surface area contributed by atoms with E-state index in [0.29, 0.717) is 6.54 Å². The van der Waals surface area contributed by atoms with Gasteiger partial charge in [-0.3, -0.25) is 0 Å². The molecule has 0 fully saturated rings. The Morgan fingerprint density at radius 2 is 2.23 bits per heavy atom. The lowest BCUT2D eigenvalue weighted by Crippen LogP contribution is -2.04. The lowest BCUT2D eigenvalue weighted by Gasteiger charge is -2.09. The molecule has 0 heterocycles. The third-order valence-electron chi connectivity index (χ3n) is 1.57. The largest absolute Gasteiger partial charge is 0.467 e. The van der Waals surface area contributed by atoms with Crippen LogP contribution in [0.2, 0.25) is 0 Å². The molecule has 0 spiro atoms. The highest BCUT2D eigenvalue weighted by molar-refractivity contribution is 9.10. The summed E-state index contributed by atoms with van der Waals surface area (Å²) in [5.41, 5.74) is 6.51. The van der Waals surface area contributed by atoms with Crippen LogP contribution in [0.5, 0.6) is 5.75 Å². The second-order valence-corrected chi connectivity index (χ2v) is 3.42. The molecule has 0 radical (unpaired) electrons. The number of benzene rings is 1. The third kappa shape index (κ3) is 2.99. The van der Waals surface area contributed by atoms with Crippen LogP contribution < -0.4 is 10.5 Å². The van der Waals surface area contributed by atoms with Gasteiger partial charge in [0, 0.05) is 23.7 Å². The Labute approximate surface area is 86.0 Å². The first-order valence-electron chi connectivity index (χ1n) is 3.88. The fraction of sp³-hybridized carbons (Fsp3) is 0.333. The van der Waals surface area contributed by atoms with E-state index < -0.39 is 0 Å². The van der Waals surface area contributed by atoms with E-state index in [4.69, 9.17) is 15.2 Å². The zero-order chi connectivity index (χ0) is 9.68. The summed E-state index contributed by atoms with van der Waals surface area (Å²) in [4.78, 5) is 0. The highest BCUT2D eigenvalue weighted by Gasteiger charge is 2.01. The van der Waals surface area contributed by atoms with Gasteiger partial charge in [-0.1, -0.05) is 15.9 Å². The predicted molar refractivity (Wildman–Crippen MR) is 54.5 cm³/mol. The zero-order valence-corrected chi connectivity index (χ0v) is 9.00. The summed E-state index contributed by atoms with van der Waals surface area (Å²) in [7, 11) is 1.58. The van der Waals surface area contributed by atoms with Crippen LogP contribution in [0.1, 0.15) is 5.56 Å². The molecular formula is C9H12BrNO2. The van der Waals surface area contributed by atoms with Crippen LogP contribution in [0.3, 0.4) is 0 Å². The Morgan fingerprint density at radius 3 is 2.85 bits per heavy atom. The SMILES string of the molecule is COCOc1ccc(Br)cc1CN. The summed E-state index contributed by atoms with van der Waals surface area (Å²) < 4.78 is 11.1. The van der Waals surface area contributed by atoms with Gasteiger partial charge >= 0.3 is 0 Å². The summed E-state index contributed by atoms with van der Waals surface area (Å²) in [5.74, 6) is 0.771. The maximum atomic E-state index is 5.55. The number of ether oxygens (including phenoxy) is 2. The molecule has 72 valence electrons. The molecule has 0 bridgehead atoms. The van der Waals surface area contributed by atoms with Crippen LogP contribution in [-0.4, -0.2) is 13.9 Å². The smallest absolute Gasteiger partial charge is 0.188 e. The Balaban J connectivity index is 2.79. The molecule has 1 aromatic rings. The number of halogens is 1. The molecule has 4 heteroatoms. The monoisotopic (exact) mass is 245 g/mol. The maximum Gasteiger partial charge on any atom is 0.188 e. The van der Waals surface area contributed by atoms with Crippen molar-refractivity contribution in [2.45, 2.75) is 6.54 Å². The van der Waals surface area contributed by atoms with Gasteiger partial charge in [0.2, 0.25) is 0 Å². The number of nitrogens with two attached hydrogens (primary N) is 1. The summed E-state index contributed by atoms with van der Waals surface area (Å²) >= 11 is 3.36. The first-order chi connectivity index (χ1) is 6.27. The molecule has 0 aliphatic heterocycles. The lowest BCUT2D eigenvalue weighted by molar-refractivity contribution is 0.0504. The number of rotatable bonds is 4. The van der Waals surface area contributed by atoms with E-state index in [0.717, 1.165) is 15.8 Å². The van der Waals surface area contributed by atoms with E-state index in [2.05, 4.69) is 15.9 Å². The predicted octanol–water partition coefficient (Wildman–Crippen LogP) is 1.89. The van der Waals surface area contributed by atoms with Crippen LogP contribution in [0, 0.1) is 0 Å². The van der Waals surface area contributed by atoms with Gasteiger partial charge in [-0.15, -0.1) is 0 Å². The molecule has 0 aliphatic rings. The van der Waals surface area contributed by atoms with Gasteiger partial charge < -0.3 is 15.2 Å². The normalized spacial score (nSPS) is 10.1. The Hall–Kier alpha value is -0.580. The van der Waals surface area contributed by atoms with Crippen LogP contribution in [0.15, 0.2) is 22.7 Å². The number of hydrogen-bond donors (Lipinski definition) is 1. The van der Waals surface area contributed by atoms with Gasteiger partial charge in [-0.05, 0) is 18.2 Å². The molecule has 13 heavy (non-hydrogen) atoms. The Morgan fingerprint density at radius 1 is 1.46 bits per heavy atom. The summed E-state index contributed by atoms with van der Waals surface area (Å²) in [6.45, 7) is 0.702. The fourth-order valence-electron chi connectivity index (χ4n) is 0.971. The van der Waals surface area contributed by atoms with Gasteiger partial charge in [0.15, 0.2) is 6.79 Å². The average Bonchev–Trinajstić information content (AvgIpc) is 2.16. The number of hydrogen-bond acceptors (Lipinski definition) is 3. The minimum absolute atomic E-state index is 0.245. The molecule has 0 amide bonds. The minimum atomic E-state index is 0.245. The van der Waals surface area contributed by atoms with Crippen LogP contribution in [0.25, 0.3) is 0 Å². The van der Waals surface area contributed by atoms with Gasteiger partial charge in [-0.2, -0.15) is 0 Å². The van der Waals surface area contributed by atoms with Crippen molar-refractivity contribution < 1.29 is 9.47 Å². The van der Waals surface area contributed by atoms with Crippen LogP contribution >= 0.6 is 15.9 Å². The Bertz CT molecular complexity index is 278. The lowest BCUT2D eigenvalue weighted by atomic mass is 10.2. The first-order valence-corrected chi connectivity index (χ1v) is 4.67. The van der Waals surface area contributed by atoms with Crippen molar-refractivity contribution in [2.24, 2.45) is 5.73 Å². The van der Waals surface area contributed by atoms with Gasteiger partial charge in [0.25, 0.3) is 0 Å². The van der Waals surface area contributed by atoms with Crippen molar-refractivity contribution in [1.29, 1.82) is 0 Å². The molecule has 0 saturated heterocycles. The quantitative estimate of drug-likeness (QED) is 0.825. The molecule has 3 nitrogen and oxygen atoms in total. The molecule has 0 atom stereocenters. The maximum absolute atomic E-state index is 5.55. The van der Waals surface area contributed by atoms with Crippen molar-refractivity contribution >= 4 is 15.9 Å². The van der Waals surface area contributed by atoms with Gasteiger partial charge in [0.05, 0.1) is 0 Å². The topological polar surface area (TPSA) is 44.5 Å². The second kappa shape index (κ2) is 5.21. The fourth-order valence-corrected chi connectivity index (χ4v) is 1.38. The molecule has 0 unspecified atom stereocenters. The van der Waals surface area contributed by atoms with Gasteiger partial charge in [-0.25, -0.2) is 0 Å². The van der Waals surface area contributed by atoms with Crippen molar-refractivity contribution in [3.05, 3.63) is 28.2 Å². The minimum Gasteiger partial charge on any atom is -0.467 e. The molecule has 0 aliphatic carbocycles. The van der Waals surface area contributed by atoms with E-state index >= 15 is 0 Å². The van der Waals surface area contributed by atoms with E-state index in [9.17, 15) is 0 Å². The molecule has 0 saturated carbocycles. The van der Waals surface area contributed by atoms with E-state index in [1.165, 1.54) is 0 Å². The number of methoxy groups -OCH3 is 1. The van der Waals surface area contributed by atoms with Crippen LogP contribution in [-0.2, 0) is 11.3 Å². The molecule has 1 rings (SSSR count). The second-order valence-electron chi connectivity index (χ2n) is 2.51. The highest BCUT2D eigenvalue weighted by Crippen LogP contribution is 2.22. The highest BCUT2D eigenvalue weighted by atomic mass is 79.9. The zero-order valence-electron chi connectivity index (χ0n) is 7.42. The Kier molecular flexibility index (Phi) is 4.21. The van der Waals surface area contributed by atoms with E-state index in [1.54, 1.807) is 7.11 Å². The third-order valence-corrected chi connectivity index (χ3v) is 2.07. The van der Waals surface area contributed by atoms with Crippen molar-refractivity contribution in [2.75, 3.05) is 13.9 Å². The molecule has 0 aromatic heterocycles.